The van der Waals surface area contributed by atoms with E-state index in [2.05, 4.69) is 17.6 Å². The molecule has 2 heterocycles. The van der Waals surface area contributed by atoms with E-state index in [4.69, 9.17) is 30.5 Å². The quantitative estimate of drug-likeness (QED) is 0.516. The Hall–Kier alpha value is -1.38. The molecule has 0 spiro atoms. The van der Waals surface area contributed by atoms with E-state index in [1.165, 1.54) is 19.3 Å². The fourth-order valence-electron chi connectivity index (χ4n) is 3.74. The number of halogens is 1. The highest BCUT2D eigenvalue weighted by Gasteiger charge is 2.55. The number of urea groups is 1. The van der Waals surface area contributed by atoms with Gasteiger partial charge in [0.2, 0.25) is 0 Å². The van der Waals surface area contributed by atoms with Crippen molar-refractivity contribution in [3.05, 3.63) is 29.3 Å². The number of hydrogen-bond donors (Lipinski definition) is 2. The molecule has 30 heavy (non-hydrogen) atoms. The number of benzene rings is 1. The molecule has 2 aliphatic heterocycles. The summed E-state index contributed by atoms with van der Waals surface area (Å²) >= 11 is 5.87. The number of nitrogens with one attached hydrogen (secondary N) is 2. The molecular formula is C22H33ClN2O5. The fourth-order valence-corrected chi connectivity index (χ4v) is 3.87. The van der Waals surface area contributed by atoms with Crippen molar-refractivity contribution >= 4 is 23.3 Å². The van der Waals surface area contributed by atoms with Gasteiger partial charge in [0, 0.05) is 23.9 Å². The first kappa shape index (κ1) is 23.3. The standard InChI is InChI=1S/C22H33ClN2O5/c1-4-5-6-7-8-13-27-18-17(28-20-19(18)29-22(2,3)30-20)14-24-21(26)25-16-11-9-15(23)10-12-16/h9-12,17-20H,4-8,13-14H2,1-3H3,(H2,24,25,26)/t17-,18-,19-,20-/m1/s1. The van der Waals surface area contributed by atoms with Gasteiger partial charge in [-0.1, -0.05) is 44.2 Å². The van der Waals surface area contributed by atoms with Crippen molar-refractivity contribution in [2.75, 3.05) is 18.5 Å². The minimum Gasteiger partial charge on any atom is -0.373 e. The summed E-state index contributed by atoms with van der Waals surface area (Å²) in [5.74, 6) is -0.706. The predicted octanol–water partition coefficient (Wildman–Crippen LogP) is 4.69. The molecule has 0 aromatic heterocycles. The summed E-state index contributed by atoms with van der Waals surface area (Å²) in [5, 5.41) is 6.24. The van der Waals surface area contributed by atoms with E-state index in [9.17, 15) is 4.79 Å². The highest BCUT2D eigenvalue weighted by Crippen LogP contribution is 2.38. The Balaban J connectivity index is 1.49. The number of fused-ring (bicyclic) bond motifs is 1. The average molecular weight is 441 g/mol. The van der Waals surface area contributed by atoms with E-state index < -0.39 is 12.1 Å². The van der Waals surface area contributed by atoms with Gasteiger partial charge in [0.1, 0.15) is 18.3 Å². The maximum atomic E-state index is 12.3. The summed E-state index contributed by atoms with van der Waals surface area (Å²) in [6, 6.07) is 6.61. The monoisotopic (exact) mass is 440 g/mol. The molecule has 2 fully saturated rings. The number of carbonyl (C=O) groups excluding carboxylic acids is 1. The normalized spacial score (nSPS) is 27.1. The van der Waals surface area contributed by atoms with E-state index in [0.29, 0.717) is 23.9 Å². The number of hydrogen-bond acceptors (Lipinski definition) is 5. The lowest BCUT2D eigenvalue weighted by Gasteiger charge is -2.26. The third kappa shape index (κ3) is 6.56. The third-order valence-corrected chi connectivity index (χ3v) is 5.46. The molecular weight excluding hydrogens is 408 g/mol. The molecule has 168 valence electrons. The summed E-state index contributed by atoms with van der Waals surface area (Å²) in [7, 11) is 0. The second-order valence-electron chi connectivity index (χ2n) is 8.23. The summed E-state index contributed by atoms with van der Waals surface area (Å²) in [6.45, 7) is 6.86. The lowest BCUT2D eigenvalue weighted by atomic mass is 10.1. The Kier molecular flexibility index (Phi) is 8.36. The lowest BCUT2D eigenvalue weighted by Crippen LogP contribution is -2.44. The highest BCUT2D eigenvalue weighted by atomic mass is 35.5. The Morgan fingerprint density at radius 3 is 2.60 bits per heavy atom. The second kappa shape index (κ2) is 10.8. The summed E-state index contributed by atoms with van der Waals surface area (Å²) in [5.41, 5.74) is 0.661. The van der Waals surface area contributed by atoms with Crippen LogP contribution in [0.5, 0.6) is 0 Å². The summed E-state index contributed by atoms with van der Waals surface area (Å²) in [4.78, 5) is 12.3. The van der Waals surface area contributed by atoms with Crippen molar-refractivity contribution in [1.29, 1.82) is 0 Å². The van der Waals surface area contributed by atoms with Gasteiger partial charge in [0.25, 0.3) is 0 Å². The minimum atomic E-state index is -0.706. The van der Waals surface area contributed by atoms with Crippen molar-refractivity contribution in [1.82, 2.24) is 5.32 Å². The zero-order chi connectivity index (χ0) is 21.6. The molecule has 7 nitrogen and oxygen atoms in total. The lowest BCUT2D eigenvalue weighted by molar-refractivity contribution is -0.217. The van der Waals surface area contributed by atoms with Crippen molar-refractivity contribution in [2.24, 2.45) is 0 Å². The van der Waals surface area contributed by atoms with Crippen molar-refractivity contribution < 1.29 is 23.7 Å². The van der Waals surface area contributed by atoms with Gasteiger partial charge in [-0.3, -0.25) is 0 Å². The molecule has 2 N–H and O–H groups in total. The molecule has 0 aliphatic carbocycles. The maximum absolute atomic E-state index is 12.3. The average Bonchev–Trinajstić information content (AvgIpc) is 3.16. The number of rotatable bonds is 10. The SMILES string of the molecule is CCCCCCCO[C@H]1[C@H]2OC(C)(C)O[C@H]2O[C@@H]1CNC(=O)Nc1ccc(Cl)cc1. The minimum absolute atomic E-state index is 0.292. The molecule has 2 amide bonds. The Labute approximate surface area is 183 Å². The van der Waals surface area contributed by atoms with Crippen LogP contribution < -0.4 is 10.6 Å². The van der Waals surface area contributed by atoms with Gasteiger partial charge in [-0.25, -0.2) is 4.79 Å². The van der Waals surface area contributed by atoms with Crippen LogP contribution in [0.3, 0.4) is 0 Å². The van der Waals surface area contributed by atoms with Crippen molar-refractivity contribution in [3.8, 4) is 0 Å². The molecule has 1 aromatic carbocycles. The summed E-state index contributed by atoms with van der Waals surface area (Å²) in [6.07, 6.45) is 4.39. The number of unbranched alkanes of at least 4 members (excludes halogenated alkanes) is 4. The third-order valence-electron chi connectivity index (χ3n) is 5.21. The molecule has 0 saturated carbocycles. The first-order chi connectivity index (χ1) is 14.4. The van der Waals surface area contributed by atoms with Gasteiger partial charge in [-0.05, 0) is 44.5 Å². The highest BCUT2D eigenvalue weighted by molar-refractivity contribution is 6.30. The van der Waals surface area contributed by atoms with Gasteiger partial charge in [0.05, 0.1) is 0 Å². The van der Waals surface area contributed by atoms with Gasteiger partial charge < -0.3 is 29.6 Å². The molecule has 3 rings (SSSR count). The van der Waals surface area contributed by atoms with Crippen LogP contribution in [0.25, 0.3) is 0 Å². The fraction of sp³-hybridized carbons (Fsp3) is 0.682. The van der Waals surface area contributed by atoms with Gasteiger partial charge in [-0.2, -0.15) is 0 Å². The number of amides is 2. The van der Waals surface area contributed by atoms with Crippen LogP contribution in [0, 0.1) is 0 Å². The molecule has 0 unspecified atom stereocenters. The van der Waals surface area contributed by atoms with E-state index in [0.717, 1.165) is 12.8 Å². The zero-order valence-corrected chi connectivity index (χ0v) is 18.7. The van der Waals surface area contributed by atoms with Crippen LogP contribution in [-0.2, 0) is 18.9 Å². The molecule has 0 bridgehead atoms. The Bertz CT molecular complexity index is 685. The molecule has 2 aliphatic rings. The van der Waals surface area contributed by atoms with Crippen LogP contribution in [-0.4, -0.2) is 49.6 Å². The zero-order valence-electron chi connectivity index (χ0n) is 18.0. The summed E-state index contributed by atoms with van der Waals surface area (Å²) < 4.78 is 24.0. The molecule has 8 heteroatoms. The van der Waals surface area contributed by atoms with Crippen LogP contribution in [0.2, 0.25) is 5.02 Å². The smallest absolute Gasteiger partial charge is 0.319 e. The first-order valence-electron chi connectivity index (χ1n) is 10.8. The van der Waals surface area contributed by atoms with E-state index in [1.54, 1.807) is 24.3 Å². The van der Waals surface area contributed by atoms with Crippen LogP contribution >= 0.6 is 11.6 Å². The first-order valence-corrected chi connectivity index (χ1v) is 11.2. The van der Waals surface area contributed by atoms with E-state index in [1.807, 2.05) is 13.8 Å². The van der Waals surface area contributed by atoms with Gasteiger partial charge >= 0.3 is 6.03 Å². The Morgan fingerprint density at radius 2 is 1.87 bits per heavy atom. The number of anilines is 1. The second-order valence-corrected chi connectivity index (χ2v) is 8.67. The maximum Gasteiger partial charge on any atom is 0.319 e. The number of carbonyl (C=O) groups is 1. The molecule has 0 radical (unpaired) electrons. The molecule has 1 aromatic rings. The van der Waals surface area contributed by atoms with Crippen LogP contribution in [0.4, 0.5) is 10.5 Å². The van der Waals surface area contributed by atoms with Gasteiger partial charge in [0.15, 0.2) is 12.1 Å². The predicted molar refractivity (Wildman–Crippen MR) is 116 cm³/mol. The van der Waals surface area contributed by atoms with Crippen molar-refractivity contribution in [3.63, 3.8) is 0 Å². The van der Waals surface area contributed by atoms with Gasteiger partial charge in [-0.15, -0.1) is 0 Å². The van der Waals surface area contributed by atoms with Crippen LogP contribution in [0.15, 0.2) is 24.3 Å². The topological polar surface area (TPSA) is 78.1 Å². The largest absolute Gasteiger partial charge is 0.373 e. The molecule has 2 saturated heterocycles. The van der Waals surface area contributed by atoms with Crippen LogP contribution in [0.1, 0.15) is 52.9 Å². The number of ether oxygens (including phenoxy) is 4. The van der Waals surface area contributed by atoms with Crippen molar-refractivity contribution in [2.45, 2.75) is 83.3 Å². The van der Waals surface area contributed by atoms with E-state index in [-0.39, 0.29) is 24.3 Å². The Morgan fingerprint density at radius 1 is 1.13 bits per heavy atom. The van der Waals surface area contributed by atoms with E-state index >= 15 is 0 Å². The molecule has 4 atom stereocenters.